The molecule has 3 N–H and O–H groups in total. The third-order valence-corrected chi connectivity index (χ3v) is 6.66. The van der Waals surface area contributed by atoms with Gasteiger partial charge < -0.3 is 11.1 Å². The van der Waals surface area contributed by atoms with Gasteiger partial charge in [0, 0.05) is 5.69 Å². The van der Waals surface area contributed by atoms with E-state index >= 15 is 0 Å². The topological polar surface area (TPSA) is 89.3 Å². The summed E-state index contributed by atoms with van der Waals surface area (Å²) in [5, 5.41) is 3.19. The second kappa shape index (κ2) is 6.05. The van der Waals surface area contributed by atoms with Crippen LogP contribution in [0.15, 0.2) is 39.9 Å². The number of sulfone groups is 1. The lowest BCUT2D eigenvalue weighted by atomic mass is 10.2. The number of thiophene rings is 1. The number of hydrogen-bond donors (Lipinski definition) is 2. The molecule has 0 radical (unpaired) electrons. The number of rotatable bonds is 4. The zero-order valence-corrected chi connectivity index (χ0v) is 13.4. The summed E-state index contributed by atoms with van der Waals surface area (Å²) >= 11 is 7.03. The lowest BCUT2D eigenvalue weighted by molar-refractivity contribution is -0.115. The van der Waals surface area contributed by atoms with Crippen LogP contribution in [0.25, 0.3) is 0 Å². The molecule has 5 nitrogen and oxygen atoms in total. The summed E-state index contributed by atoms with van der Waals surface area (Å²) in [5.74, 6) is -0.643. The molecule has 2 rings (SSSR count). The Kier molecular flexibility index (Phi) is 4.55. The Balaban J connectivity index is 2.20. The van der Waals surface area contributed by atoms with Gasteiger partial charge in [-0.15, -0.1) is 11.3 Å². The van der Waals surface area contributed by atoms with Gasteiger partial charge in [-0.05, 0) is 36.6 Å². The lowest BCUT2D eigenvalue weighted by Gasteiger charge is -2.13. The number of nitrogen functional groups attached to an aromatic ring is 1. The summed E-state index contributed by atoms with van der Waals surface area (Å²) in [5.41, 5.74) is 6.34. The summed E-state index contributed by atoms with van der Waals surface area (Å²) in [6.45, 7) is 1.34. The molecule has 2 aromatic rings. The Morgan fingerprint density at radius 1 is 1.38 bits per heavy atom. The highest BCUT2D eigenvalue weighted by Crippen LogP contribution is 2.26. The van der Waals surface area contributed by atoms with Crippen molar-refractivity contribution in [2.24, 2.45) is 0 Å². The van der Waals surface area contributed by atoms with E-state index in [2.05, 4.69) is 5.32 Å². The van der Waals surface area contributed by atoms with Gasteiger partial charge in [-0.3, -0.25) is 4.79 Å². The first-order chi connectivity index (χ1) is 9.82. The average molecular weight is 345 g/mol. The van der Waals surface area contributed by atoms with Crippen LogP contribution in [-0.4, -0.2) is 19.6 Å². The Hall–Kier alpha value is -1.57. The van der Waals surface area contributed by atoms with Crippen LogP contribution >= 0.6 is 22.9 Å². The lowest BCUT2D eigenvalue weighted by Crippen LogP contribution is -2.32. The van der Waals surface area contributed by atoms with E-state index in [-0.39, 0.29) is 9.23 Å². The van der Waals surface area contributed by atoms with Gasteiger partial charge in [-0.2, -0.15) is 0 Å². The molecule has 112 valence electrons. The zero-order valence-electron chi connectivity index (χ0n) is 11.0. The molecule has 21 heavy (non-hydrogen) atoms. The molecule has 1 aromatic heterocycles. The van der Waals surface area contributed by atoms with Gasteiger partial charge in [-0.1, -0.05) is 17.7 Å². The maximum atomic E-state index is 12.3. The van der Waals surface area contributed by atoms with E-state index in [1.54, 1.807) is 17.5 Å². The Morgan fingerprint density at radius 2 is 2.10 bits per heavy atom. The summed E-state index contributed by atoms with van der Waals surface area (Å²) in [6, 6.07) is 7.68. The van der Waals surface area contributed by atoms with Crippen molar-refractivity contribution in [1.29, 1.82) is 0 Å². The molecule has 1 atom stereocenters. The van der Waals surface area contributed by atoms with E-state index in [1.165, 1.54) is 25.1 Å². The van der Waals surface area contributed by atoms with Crippen LogP contribution in [0.4, 0.5) is 11.4 Å². The third-order valence-electron chi connectivity index (χ3n) is 2.86. The van der Waals surface area contributed by atoms with Gasteiger partial charge in [0.05, 0.1) is 10.7 Å². The summed E-state index contributed by atoms with van der Waals surface area (Å²) < 4.78 is 24.7. The maximum Gasteiger partial charge on any atom is 0.242 e. The predicted octanol–water partition coefficient (Wildman–Crippen LogP) is 2.78. The number of anilines is 2. The van der Waals surface area contributed by atoms with Gasteiger partial charge in [-0.25, -0.2) is 8.42 Å². The number of nitrogens with two attached hydrogens (primary N) is 1. The number of amides is 1. The Bertz CT molecular complexity index is 758. The second-order valence-corrected chi connectivity index (χ2v) is 8.20. The smallest absolute Gasteiger partial charge is 0.242 e. The van der Waals surface area contributed by atoms with Gasteiger partial charge in [0.25, 0.3) is 0 Å². The van der Waals surface area contributed by atoms with Crippen LogP contribution in [0.5, 0.6) is 0 Å². The zero-order chi connectivity index (χ0) is 15.6. The molecule has 0 fully saturated rings. The molecule has 0 saturated heterocycles. The fourth-order valence-corrected chi connectivity index (χ4v) is 4.39. The average Bonchev–Trinajstić information content (AvgIpc) is 2.95. The van der Waals surface area contributed by atoms with E-state index in [0.29, 0.717) is 11.4 Å². The van der Waals surface area contributed by atoms with Crippen molar-refractivity contribution in [2.75, 3.05) is 11.1 Å². The summed E-state index contributed by atoms with van der Waals surface area (Å²) in [4.78, 5) is 12.1. The first-order valence-corrected chi connectivity index (χ1v) is 8.76. The van der Waals surface area contributed by atoms with Crippen LogP contribution < -0.4 is 11.1 Å². The SMILES string of the molecule is CC(C(=O)Nc1ccc(N)cc1Cl)S(=O)(=O)c1cccs1. The predicted molar refractivity (Wildman–Crippen MR) is 85.5 cm³/mol. The maximum absolute atomic E-state index is 12.3. The molecular formula is C13H13ClN2O3S2. The number of carbonyl (C=O) groups is 1. The third kappa shape index (κ3) is 3.37. The molecule has 0 saturated carbocycles. The van der Waals surface area contributed by atoms with Crippen molar-refractivity contribution in [3.05, 3.63) is 40.7 Å². The fraction of sp³-hybridized carbons (Fsp3) is 0.154. The molecule has 0 aliphatic carbocycles. The van der Waals surface area contributed by atoms with E-state index in [0.717, 1.165) is 11.3 Å². The summed E-state index contributed by atoms with van der Waals surface area (Å²) in [6.07, 6.45) is 0. The molecule has 0 aliphatic rings. The number of benzene rings is 1. The highest BCUT2D eigenvalue weighted by Gasteiger charge is 2.30. The van der Waals surface area contributed by atoms with Gasteiger partial charge >= 0.3 is 0 Å². The number of nitrogens with one attached hydrogen (secondary N) is 1. The highest BCUT2D eigenvalue weighted by molar-refractivity contribution is 7.94. The van der Waals surface area contributed by atoms with Crippen LogP contribution in [0.2, 0.25) is 5.02 Å². The van der Waals surface area contributed by atoms with E-state index < -0.39 is 21.0 Å². The van der Waals surface area contributed by atoms with Gasteiger partial charge in [0.15, 0.2) is 9.84 Å². The highest BCUT2D eigenvalue weighted by atomic mass is 35.5. The van der Waals surface area contributed by atoms with Crippen molar-refractivity contribution in [3.8, 4) is 0 Å². The minimum atomic E-state index is -3.70. The van der Waals surface area contributed by atoms with Crippen molar-refractivity contribution in [2.45, 2.75) is 16.4 Å². The monoisotopic (exact) mass is 344 g/mol. The van der Waals surface area contributed by atoms with E-state index in [4.69, 9.17) is 17.3 Å². The Morgan fingerprint density at radius 3 is 2.67 bits per heavy atom. The largest absolute Gasteiger partial charge is 0.399 e. The molecule has 1 aromatic carbocycles. The van der Waals surface area contributed by atoms with Crippen molar-refractivity contribution in [1.82, 2.24) is 0 Å². The molecule has 1 amide bonds. The van der Waals surface area contributed by atoms with Gasteiger partial charge in [0.2, 0.25) is 5.91 Å². The quantitative estimate of drug-likeness (QED) is 0.834. The Labute approximate surface area is 131 Å². The minimum Gasteiger partial charge on any atom is -0.399 e. The van der Waals surface area contributed by atoms with E-state index in [9.17, 15) is 13.2 Å². The van der Waals surface area contributed by atoms with Gasteiger partial charge in [0.1, 0.15) is 9.46 Å². The molecular weight excluding hydrogens is 332 g/mol. The molecule has 0 spiro atoms. The van der Waals surface area contributed by atoms with Crippen molar-refractivity contribution < 1.29 is 13.2 Å². The standard InChI is InChI=1S/C13H13ClN2O3S2/c1-8(21(18,19)12-3-2-6-20-12)13(17)16-11-5-4-9(15)7-10(11)14/h2-8H,15H2,1H3,(H,16,17). The molecule has 0 aliphatic heterocycles. The van der Waals surface area contributed by atoms with Crippen LogP contribution in [0, 0.1) is 0 Å². The molecule has 0 bridgehead atoms. The van der Waals surface area contributed by atoms with Crippen LogP contribution in [0.1, 0.15) is 6.92 Å². The first-order valence-electron chi connectivity index (χ1n) is 5.95. The number of hydrogen-bond acceptors (Lipinski definition) is 5. The van der Waals surface area contributed by atoms with E-state index in [1.807, 2.05) is 0 Å². The summed E-state index contributed by atoms with van der Waals surface area (Å²) in [7, 11) is -3.70. The molecule has 1 heterocycles. The molecule has 1 unspecified atom stereocenters. The number of halogens is 1. The minimum absolute atomic E-state index is 0.161. The normalized spacial score (nSPS) is 12.9. The fourth-order valence-electron chi connectivity index (χ4n) is 1.61. The van der Waals surface area contributed by atoms with Crippen molar-refractivity contribution in [3.63, 3.8) is 0 Å². The first kappa shape index (κ1) is 15.8. The van der Waals surface area contributed by atoms with Crippen LogP contribution in [0.3, 0.4) is 0 Å². The van der Waals surface area contributed by atoms with Crippen LogP contribution in [-0.2, 0) is 14.6 Å². The second-order valence-electron chi connectivity index (χ2n) is 4.35. The molecule has 8 heteroatoms. The number of carbonyl (C=O) groups excluding carboxylic acids is 1. The van der Waals surface area contributed by atoms with Crippen molar-refractivity contribution >= 4 is 50.1 Å².